The second-order valence-corrected chi connectivity index (χ2v) is 3.62. The summed E-state index contributed by atoms with van der Waals surface area (Å²) >= 11 is 0. The predicted molar refractivity (Wildman–Crippen MR) is 55.1 cm³/mol. The van der Waals surface area contributed by atoms with Crippen LogP contribution in [-0.4, -0.2) is 29.0 Å². The molecule has 0 unspecified atom stereocenters. The second-order valence-electron chi connectivity index (χ2n) is 3.62. The minimum absolute atomic E-state index is 0.316. The third kappa shape index (κ3) is 1.98. The summed E-state index contributed by atoms with van der Waals surface area (Å²) in [6.07, 6.45) is 4.39. The molecule has 2 rings (SSSR count). The first-order valence-electron chi connectivity index (χ1n) is 4.90. The van der Waals surface area contributed by atoms with Crippen molar-refractivity contribution in [2.24, 2.45) is 7.05 Å². The van der Waals surface area contributed by atoms with Gasteiger partial charge in [0.05, 0.1) is 11.8 Å². The van der Waals surface area contributed by atoms with Gasteiger partial charge < -0.3 is 15.8 Å². The van der Waals surface area contributed by atoms with Crippen LogP contribution >= 0.6 is 0 Å². The van der Waals surface area contributed by atoms with Crippen LogP contribution in [-0.2, 0) is 11.8 Å². The Bertz CT molecular complexity index is 304. The van der Waals surface area contributed by atoms with Gasteiger partial charge in [-0.1, -0.05) is 0 Å². The van der Waals surface area contributed by atoms with Gasteiger partial charge in [0, 0.05) is 26.4 Å². The second kappa shape index (κ2) is 3.88. The highest BCUT2D eigenvalue weighted by molar-refractivity contribution is 5.59. The normalized spacial score (nSPS) is 21.4. The van der Waals surface area contributed by atoms with Gasteiger partial charge in [-0.25, -0.2) is 0 Å². The van der Waals surface area contributed by atoms with Crippen molar-refractivity contribution in [3.05, 3.63) is 6.20 Å². The zero-order chi connectivity index (χ0) is 9.97. The van der Waals surface area contributed by atoms with Crippen LogP contribution in [0.4, 0.5) is 11.5 Å². The monoisotopic (exact) mass is 196 g/mol. The number of nitrogens with zero attached hydrogens (tertiary/aromatic N) is 2. The summed E-state index contributed by atoms with van der Waals surface area (Å²) < 4.78 is 7.18. The molecular formula is C9H16N4O. The molecule has 0 bridgehead atoms. The molecule has 0 saturated carbocycles. The van der Waals surface area contributed by atoms with Crippen molar-refractivity contribution in [1.82, 2.24) is 9.78 Å². The number of rotatable bonds is 3. The van der Waals surface area contributed by atoms with E-state index in [0.717, 1.165) is 31.8 Å². The van der Waals surface area contributed by atoms with E-state index < -0.39 is 0 Å². The van der Waals surface area contributed by atoms with Crippen LogP contribution in [0.3, 0.4) is 0 Å². The molecule has 1 aliphatic rings. The number of aromatic nitrogens is 2. The maximum absolute atomic E-state index is 5.74. The Kier molecular flexibility index (Phi) is 2.58. The van der Waals surface area contributed by atoms with Gasteiger partial charge in [0.25, 0.3) is 0 Å². The molecule has 1 aromatic rings. The number of nitrogen functional groups attached to an aromatic ring is 1. The molecule has 1 atom stereocenters. The van der Waals surface area contributed by atoms with Gasteiger partial charge in [0.15, 0.2) is 5.82 Å². The number of ether oxygens (including phenoxy) is 1. The molecule has 0 spiro atoms. The first kappa shape index (κ1) is 9.33. The van der Waals surface area contributed by atoms with Crippen molar-refractivity contribution < 1.29 is 4.74 Å². The van der Waals surface area contributed by atoms with Gasteiger partial charge >= 0.3 is 0 Å². The highest BCUT2D eigenvalue weighted by Crippen LogP contribution is 2.17. The smallest absolute Gasteiger partial charge is 0.171 e. The Morgan fingerprint density at radius 3 is 3.21 bits per heavy atom. The zero-order valence-electron chi connectivity index (χ0n) is 8.36. The molecule has 1 fully saturated rings. The average Bonchev–Trinajstić information content (AvgIpc) is 2.72. The Morgan fingerprint density at radius 2 is 2.64 bits per heavy atom. The van der Waals surface area contributed by atoms with Crippen molar-refractivity contribution in [3.8, 4) is 0 Å². The molecule has 0 aliphatic carbocycles. The van der Waals surface area contributed by atoms with Gasteiger partial charge in [-0.05, 0) is 12.8 Å². The standard InChI is InChI=1S/C9H16N4O/c1-13-6-8(10)9(12-13)11-5-7-3-2-4-14-7/h6-7H,2-5,10H2,1H3,(H,11,12)/t7-/m0/s1. The van der Waals surface area contributed by atoms with E-state index in [9.17, 15) is 0 Å². The van der Waals surface area contributed by atoms with E-state index in [1.807, 2.05) is 7.05 Å². The van der Waals surface area contributed by atoms with E-state index in [1.165, 1.54) is 0 Å². The molecule has 3 N–H and O–H groups in total. The van der Waals surface area contributed by atoms with Crippen LogP contribution < -0.4 is 11.1 Å². The molecule has 1 aliphatic heterocycles. The van der Waals surface area contributed by atoms with Crippen LogP contribution in [0.15, 0.2) is 6.20 Å². The van der Waals surface area contributed by atoms with Crippen LogP contribution in [0.25, 0.3) is 0 Å². The lowest BCUT2D eigenvalue weighted by Crippen LogP contribution is -2.19. The Balaban J connectivity index is 1.87. The summed E-state index contributed by atoms with van der Waals surface area (Å²) in [6.45, 7) is 1.67. The SMILES string of the molecule is Cn1cc(N)c(NC[C@@H]2CCCO2)n1. The van der Waals surface area contributed by atoms with Crippen LogP contribution in [0.5, 0.6) is 0 Å². The van der Waals surface area contributed by atoms with Crippen LogP contribution in [0.2, 0.25) is 0 Å². The molecule has 0 amide bonds. The minimum Gasteiger partial charge on any atom is -0.394 e. The molecular weight excluding hydrogens is 180 g/mol. The number of aryl methyl sites for hydroxylation is 1. The largest absolute Gasteiger partial charge is 0.394 e. The van der Waals surface area contributed by atoms with E-state index in [-0.39, 0.29) is 0 Å². The Labute approximate surface area is 83.2 Å². The average molecular weight is 196 g/mol. The zero-order valence-corrected chi connectivity index (χ0v) is 8.36. The van der Waals surface area contributed by atoms with Gasteiger partial charge in [-0.3, -0.25) is 4.68 Å². The number of hydrogen-bond acceptors (Lipinski definition) is 4. The lowest BCUT2D eigenvalue weighted by atomic mass is 10.2. The third-order valence-corrected chi connectivity index (χ3v) is 2.38. The molecule has 5 nitrogen and oxygen atoms in total. The Morgan fingerprint density at radius 1 is 1.79 bits per heavy atom. The van der Waals surface area contributed by atoms with E-state index in [1.54, 1.807) is 10.9 Å². The maximum Gasteiger partial charge on any atom is 0.171 e. The summed E-state index contributed by atoms with van der Waals surface area (Å²) in [5.41, 5.74) is 6.43. The first-order valence-corrected chi connectivity index (χ1v) is 4.90. The number of anilines is 2. The van der Waals surface area contributed by atoms with Crippen molar-refractivity contribution in [3.63, 3.8) is 0 Å². The summed E-state index contributed by atoms with van der Waals surface area (Å²) in [6, 6.07) is 0. The fourth-order valence-electron chi connectivity index (χ4n) is 1.66. The Hall–Kier alpha value is -1.23. The molecule has 0 aromatic carbocycles. The van der Waals surface area contributed by atoms with E-state index in [2.05, 4.69) is 10.4 Å². The fourth-order valence-corrected chi connectivity index (χ4v) is 1.66. The van der Waals surface area contributed by atoms with Crippen molar-refractivity contribution >= 4 is 11.5 Å². The molecule has 14 heavy (non-hydrogen) atoms. The van der Waals surface area contributed by atoms with Crippen molar-refractivity contribution in [2.75, 3.05) is 24.2 Å². The number of nitrogens with one attached hydrogen (secondary N) is 1. The molecule has 78 valence electrons. The summed E-state index contributed by atoms with van der Waals surface area (Å²) in [4.78, 5) is 0. The van der Waals surface area contributed by atoms with Gasteiger partial charge in [-0.15, -0.1) is 0 Å². The van der Waals surface area contributed by atoms with Crippen LogP contribution in [0, 0.1) is 0 Å². The highest BCUT2D eigenvalue weighted by atomic mass is 16.5. The fraction of sp³-hybridized carbons (Fsp3) is 0.667. The summed E-state index contributed by atoms with van der Waals surface area (Å²) in [5, 5.41) is 7.39. The van der Waals surface area contributed by atoms with E-state index >= 15 is 0 Å². The topological polar surface area (TPSA) is 65.1 Å². The maximum atomic E-state index is 5.74. The predicted octanol–water partition coefficient (Wildman–Crippen LogP) is 0.593. The van der Waals surface area contributed by atoms with Gasteiger partial charge in [0.1, 0.15) is 0 Å². The van der Waals surface area contributed by atoms with Gasteiger partial charge in [-0.2, -0.15) is 5.10 Å². The number of hydrogen-bond donors (Lipinski definition) is 2. The molecule has 5 heteroatoms. The third-order valence-electron chi connectivity index (χ3n) is 2.38. The molecule has 1 aromatic heterocycles. The summed E-state index contributed by atoms with van der Waals surface area (Å²) in [5.74, 6) is 0.753. The molecule has 2 heterocycles. The van der Waals surface area contributed by atoms with Crippen molar-refractivity contribution in [2.45, 2.75) is 18.9 Å². The molecule has 0 radical (unpaired) electrons. The van der Waals surface area contributed by atoms with Crippen molar-refractivity contribution in [1.29, 1.82) is 0 Å². The first-order chi connectivity index (χ1) is 6.75. The highest BCUT2D eigenvalue weighted by Gasteiger charge is 2.15. The molecule has 1 saturated heterocycles. The van der Waals surface area contributed by atoms with Gasteiger partial charge in [0.2, 0.25) is 0 Å². The van der Waals surface area contributed by atoms with E-state index in [4.69, 9.17) is 10.5 Å². The number of nitrogens with two attached hydrogens (primary N) is 1. The minimum atomic E-state index is 0.316. The summed E-state index contributed by atoms with van der Waals surface area (Å²) in [7, 11) is 1.85. The lowest BCUT2D eigenvalue weighted by molar-refractivity contribution is 0.120. The van der Waals surface area contributed by atoms with E-state index in [0.29, 0.717) is 11.8 Å². The quantitative estimate of drug-likeness (QED) is 0.742. The van der Waals surface area contributed by atoms with Crippen LogP contribution in [0.1, 0.15) is 12.8 Å². The lowest BCUT2D eigenvalue weighted by Gasteiger charge is -2.09.